The Bertz CT molecular complexity index is 1470. The van der Waals surface area contributed by atoms with Crippen LogP contribution in [0.1, 0.15) is 31.2 Å². The van der Waals surface area contributed by atoms with Crippen LogP contribution in [0.3, 0.4) is 0 Å². The van der Waals surface area contributed by atoms with Gasteiger partial charge in [-0.2, -0.15) is 0 Å². The zero-order chi connectivity index (χ0) is 25.6. The molecule has 4 aromatic rings. The molecule has 1 N–H and O–H groups in total. The number of nitrogens with zero attached hydrogens (tertiary/aromatic N) is 4. The van der Waals surface area contributed by atoms with Gasteiger partial charge < -0.3 is 19.5 Å². The highest BCUT2D eigenvalue weighted by Gasteiger charge is 2.37. The van der Waals surface area contributed by atoms with E-state index in [-0.39, 0.29) is 22.8 Å². The summed E-state index contributed by atoms with van der Waals surface area (Å²) in [7, 11) is 3.22. The van der Waals surface area contributed by atoms with E-state index in [1.165, 1.54) is 18.2 Å². The summed E-state index contributed by atoms with van der Waals surface area (Å²) in [6, 6.07) is 5.89. The van der Waals surface area contributed by atoms with Crippen LogP contribution in [-0.4, -0.2) is 53.2 Å². The number of hydrogen-bond donors (Lipinski definition) is 1. The van der Waals surface area contributed by atoms with E-state index < -0.39 is 11.6 Å². The van der Waals surface area contributed by atoms with Gasteiger partial charge in [-0.05, 0) is 54.3 Å². The molecule has 2 aromatic carbocycles. The summed E-state index contributed by atoms with van der Waals surface area (Å²) in [4.78, 5) is 15.5. The van der Waals surface area contributed by atoms with Gasteiger partial charge in [0.25, 0.3) is 0 Å². The SMILES string of the molecule is CCc1c(F)ccc2cc(O)cc(-c3ncc4c(N5CCCC(OC)(OC)C5)nc(C)nc4c3F)c12. The molecule has 0 radical (unpaired) electrons. The fourth-order valence-corrected chi connectivity index (χ4v) is 5.20. The topological polar surface area (TPSA) is 80.6 Å². The first-order valence-electron chi connectivity index (χ1n) is 11.9. The number of aryl methyl sites for hydroxylation is 2. The van der Waals surface area contributed by atoms with Crippen LogP contribution >= 0.6 is 0 Å². The molecule has 36 heavy (non-hydrogen) atoms. The van der Waals surface area contributed by atoms with Crippen LogP contribution in [0, 0.1) is 18.6 Å². The highest BCUT2D eigenvalue weighted by molar-refractivity contribution is 6.01. The summed E-state index contributed by atoms with van der Waals surface area (Å²) >= 11 is 0. The molecule has 9 heteroatoms. The van der Waals surface area contributed by atoms with Crippen LogP contribution in [0.4, 0.5) is 14.6 Å². The Morgan fingerprint density at radius 2 is 1.92 bits per heavy atom. The Balaban J connectivity index is 1.72. The van der Waals surface area contributed by atoms with Crippen LogP contribution in [0.5, 0.6) is 5.75 Å². The lowest BCUT2D eigenvalue weighted by molar-refractivity contribution is -0.209. The first-order chi connectivity index (χ1) is 17.3. The molecule has 0 unspecified atom stereocenters. The fourth-order valence-electron chi connectivity index (χ4n) is 5.20. The zero-order valence-electron chi connectivity index (χ0n) is 20.7. The van der Waals surface area contributed by atoms with E-state index in [0.29, 0.717) is 58.4 Å². The third-order valence-corrected chi connectivity index (χ3v) is 7.00. The van der Waals surface area contributed by atoms with E-state index in [1.807, 2.05) is 11.8 Å². The molecule has 1 aliphatic rings. The lowest BCUT2D eigenvalue weighted by atomic mass is 9.94. The Morgan fingerprint density at radius 1 is 1.14 bits per heavy atom. The van der Waals surface area contributed by atoms with E-state index in [9.17, 15) is 9.50 Å². The minimum absolute atomic E-state index is 0.00507. The predicted molar refractivity (Wildman–Crippen MR) is 134 cm³/mol. The number of ether oxygens (including phenoxy) is 2. The van der Waals surface area contributed by atoms with Crippen molar-refractivity contribution in [2.24, 2.45) is 0 Å². The van der Waals surface area contributed by atoms with E-state index in [2.05, 4.69) is 15.0 Å². The van der Waals surface area contributed by atoms with Crippen LogP contribution < -0.4 is 4.90 Å². The largest absolute Gasteiger partial charge is 0.508 e. The minimum atomic E-state index is -0.781. The van der Waals surface area contributed by atoms with Crippen molar-refractivity contribution in [3.05, 3.63) is 53.5 Å². The second kappa shape index (κ2) is 9.22. The molecular formula is C27H28F2N4O3. The number of hydrogen-bond acceptors (Lipinski definition) is 7. The predicted octanol–water partition coefficient (Wildman–Crippen LogP) is 5.29. The summed E-state index contributed by atoms with van der Waals surface area (Å²) in [5.41, 5.74) is 0.857. The summed E-state index contributed by atoms with van der Waals surface area (Å²) in [6.45, 7) is 4.66. The third kappa shape index (κ3) is 3.92. The summed E-state index contributed by atoms with van der Waals surface area (Å²) in [5.74, 6) is -0.926. The number of halogens is 2. The highest BCUT2D eigenvalue weighted by atomic mass is 19.1. The third-order valence-electron chi connectivity index (χ3n) is 7.00. The molecule has 1 fully saturated rings. The van der Waals surface area contributed by atoms with E-state index in [0.717, 1.165) is 12.8 Å². The van der Waals surface area contributed by atoms with Gasteiger partial charge in [-0.3, -0.25) is 4.98 Å². The van der Waals surface area contributed by atoms with Gasteiger partial charge >= 0.3 is 0 Å². The zero-order valence-corrected chi connectivity index (χ0v) is 20.7. The van der Waals surface area contributed by atoms with Crippen molar-refractivity contribution in [2.75, 3.05) is 32.2 Å². The molecule has 2 aromatic heterocycles. The van der Waals surface area contributed by atoms with Crippen LogP contribution in [0.25, 0.3) is 32.9 Å². The van der Waals surface area contributed by atoms with Gasteiger partial charge in [0, 0.05) is 38.9 Å². The maximum Gasteiger partial charge on any atom is 0.185 e. The number of rotatable bonds is 5. The molecule has 5 rings (SSSR count). The van der Waals surface area contributed by atoms with Crippen molar-refractivity contribution in [3.63, 3.8) is 0 Å². The first kappa shape index (κ1) is 24.3. The molecule has 1 saturated heterocycles. The summed E-state index contributed by atoms with van der Waals surface area (Å²) < 4.78 is 42.2. The lowest BCUT2D eigenvalue weighted by Gasteiger charge is -2.41. The second-order valence-electron chi connectivity index (χ2n) is 9.09. The maximum atomic E-state index is 16.2. The molecule has 0 bridgehead atoms. The number of methoxy groups -OCH3 is 2. The number of piperidine rings is 1. The van der Waals surface area contributed by atoms with Gasteiger partial charge in [-0.15, -0.1) is 0 Å². The van der Waals surface area contributed by atoms with Gasteiger partial charge in [0.15, 0.2) is 11.6 Å². The van der Waals surface area contributed by atoms with Crippen LogP contribution in [0.15, 0.2) is 30.5 Å². The smallest absolute Gasteiger partial charge is 0.185 e. The number of pyridine rings is 1. The van der Waals surface area contributed by atoms with Crippen molar-refractivity contribution < 1.29 is 23.4 Å². The van der Waals surface area contributed by atoms with Gasteiger partial charge in [-0.25, -0.2) is 18.7 Å². The second-order valence-corrected chi connectivity index (χ2v) is 9.09. The lowest BCUT2D eigenvalue weighted by Crippen LogP contribution is -2.51. The van der Waals surface area contributed by atoms with Crippen molar-refractivity contribution >= 4 is 27.5 Å². The molecule has 0 aliphatic carbocycles. The average Bonchev–Trinajstić information content (AvgIpc) is 2.88. The Labute approximate surface area is 207 Å². The Hall–Kier alpha value is -3.43. The maximum absolute atomic E-state index is 16.2. The van der Waals surface area contributed by atoms with Gasteiger partial charge in [0.2, 0.25) is 0 Å². The molecular weight excluding hydrogens is 466 g/mol. The van der Waals surface area contributed by atoms with Gasteiger partial charge in [0.05, 0.1) is 11.9 Å². The number of fused-ring (bicyclic) bond motifs is 2. The molecule has 0 atom stereocenters. The molecule has 7 nitrogen and oxygen atoms in total. The molecule has 188 valence electrons. The van der Waals surface area contributed by atoms with Crippen LogP contribution in [-0.2, 0) is 15.9 Å². The number of aromatic hydroxyl groups is 1. The number of benzene rings is 2. The first-order valence-corrected chi connectivity index (χ1v) is 11.9. The Morgan fingerprint density at radius 3 is 2.64 bits per heavy atom. The highest BCUT2D eigenvalue weighted by Crippen LogP contribution is 2.39. The molecule has 0 spiro atoms. The molecule has 0 saturated carbocycles. The van der Waals surface area contributed by atoms with Gasteiger partial charge in [-0.1, -0.05) is 13.0 Å². The average molecular weight is 495 g/mol. The van der Waals surface area contributed by atoms with E-state index >= 15 is 4.39 Å². The number of phenolic OH excluding ortho intramolecular Hbond substituents is 1. The van der Waals surface area contributed by atoms with Crippen molar-refractivity contribution in [1.82, 2.24) is 15.0 Å². The van der Waals surface area contributed by atoms with Crippen molar-refractivity contribution in [3.8, 4) is 17.0 Å². The fraction of sp³-hybridized carbons (Fsp3) is 0.370. The number of aromatic nitrogens is 3. The molecule has 0 amide bonds. The van der Waals surface area contributed by atoms with Crippen molar-refractivity contribution in [2.45, 2.75) is 38.9 Å². The van der Waals surface area contributed by atoms with E-state index in [4.69, 9.17) is 9.47 Å². The normalized spacial score (nSPS) is 15.7. The minimum Gasteiger partial charge on any atom is -0.508 e. The standard InChI is InChI=1S/C27H28F2N4O3/c1-5-18-21(28)8-7-16-11-17(34)12-19(22(16)18)24-23(29)25-20(13-30-24)26(32-15(2)31-25)33-10-6-9-27(14-33,35-3)36-4/h7-8,11-13,34H,5-6,9-10,14H2,1-4H3. The number of phenols is 1. The monoisotopic (exact) mass is 494 g/mol. The summed E-state index contributed by atoms with van der Waals surface area (Å²) in [5, 5.41) is 11.9. The summed E-state index contributed by atoms with van der Waals surface area (Å²) in [6.07, 6.45) is 3.48. The quantitative estimate of drug-likeness (QED) is 0.378. The Kier molecular flexibility index (Phi) is 6.22. The van der Waals surface area contributed by atoms with Crippen LogP contribution in [0.2, 0.25) is 0 Å². The molecule has 1 aliphatic heterocycles. The van der Waals surface area contributed by atoms with E-state index in [1.54, 1.807) is 33.4 Å². The van der Waals surface area contributed by atoms with Gasteiger partial charge in [0.1, 0.15) is 34.4 Å². The number of anilines is 1. The molecule has 3 heterocycles. The van der Waals surface area contributed by atoms with Crippen molar-refractivity contribution in [1.29, 1.82) is 0 Å².